The van der Waals surface area contributed by atoms with Crippen molar-refractivity contribution in [3.05, 3.63) is 54.4 Å². The zero-order chi connectivity index (χ0) is 22.2. The van der Waals surface area contributed by atoms with Gasteiger partial charge < -0.3 is 15.4 Å². The van der Waals surface area contributed by atoms with Gasteiger partial charge in [-0.25, -0.2) is 18.4 Å². The average Bonchev–Trinajstić information content (AvgIpc) is 3.11. The van der Waals surface area contributed by atoms with E-state index in [9.17, 15) is 13.5 Å². The van der Waals surface area contributed by atoms with E-state index >= 15 is 0 Å². The summed E-state index contributed by atoms with van der Waals surface area (Å²) in [6.45, 7) is 4.21. The number of nitrogens with zero attached hydrogens (tertiary/aromatic N) is 3. The highest BCUT2D eigenvalue weighted by Gasteiger charge is 2.21. The number of aliphatic hydroxyl groups excluding tert-OH is 1. The van der Waals surface area contributed by atoms with Crippen LogP contribution >= 0.6 is 0 Å². The Bertz CT molecular complexity index is 1350. The maximum atomic E-state index is 13.1. The van der Waals surface area contributed by atoms with E-state index in [0.29, 0.717) is 17.6 Å². The van der Waals surface area contributed by atoms with Gasteiger partial charge in [-0.1, -0.05) is 31.5 Å². The van der Waals surface area contributed by atoms with E-state index in [0.717, 1.165) is 36.0 Å². The number of pyridine rings is 1. The van der Waals surface area contributed by atoms with Crippen molar-refractivity contribution in [2.45, 2.75) is 55.5 Å². The third-order valence-electron chi connectivity index (χ3n) is 5.32. The fourth-order valence-corrected chi connectivity index (χ4v) is 5.13. The van der Waals surface area contributed by atoms with E-state index in [1.165, 1.54) is 0 Å². The topological polar surface area (TPSA) is 111 Å². The predicted molar refractivity (Wildman–Crippen MR) is 122 cm³/mol. The molecule has 0 amide bonds. The van der Waals surface area contributed by atoms with E-state index in [1.807, 2.05) is 4.57 Å². The summed E-state index contributed by atoms with van der Waals surface area (Å²) < 4.78 is 28.1. The van der Waals surface area contributed by atoms with Crippen molar-refractivity contribution < 1.29 is 13.5 Å². The lowest BCUT2D eigenvalue weighted by Crippen LogP contribution is -2.14. The van der Waals surface area contributed by atoms with Gasteiger partial charge in [-0.2, -0.15) is 0 Å². The molecule has 0 fully saturated rings. The molecular formula is C23H26N4O3S. The highest BCUT2D eigenvalue weighted by molar-refractivity contribution is 7.91. The summed E-state index contributed by atoms with van der Waals surface area (Å²) in [4.78, 5) is 9.56. The summed E-state index contributed by atoms with van der Waals surface area (Å²) in [5.41, 5.74) is 8.08. The molecule has 8 heteroatoms. The highest BCUT2D eigenvalue weighted by Crippen LogP contribution is 2.32. The number of hydrogen-bond acceptors (Lipinski definition) is 6. The normalized spacial score (nSPS) is 13.1. The lowest BCUT2D eigenvalue weighted by molar-refractivity contribution is 0.174. The fourth-order valence-electron chi connectivity index (χ4n) is 3.83. The summed E-state index contributed by atoms with van der Waals surface area (Å²) >= 11 is 0. The number of unbranched alkanes of at least 4 members (excludes halogenated alkanes) is 1. The Balaban J connectivity index is 1.95. The summed E-state index contributed by atoms with van der Waals surface area (Å²) in [6, 6.07) is 13.2. The average molecular weight is 439 g/mol. The molecular weight excluding hydrogens is 412 g/mol. The lowest BCUT2D eigenvalue weighted by atomic mass is 10.2. The number of aryl methyl sites for hydroxylation is 1. The fraction of sp³-hybridized carbons (Fsp3) is 0.304. The molecule has 0 aliphatic rings. The van der Waals surface area contributed by atoms with Crippen molar-refractivity contribution in [2.24, 2.45) is 0 Å². The SMILES string of the molecule is CCCCc1nc2c(N)nc3cc(S(=O)(=O)c4ccccc4)ccc3c2n1CC(C)O. The second kappa shape index (κ2) is 8.28. The number of nitrogen functional groups attached to an aromatic ring is 1. The van der Waals surface area contributed by atoms with Gasteiger partial charge in [-0.15, -0.1) is 0 Å². The van der Waals surface area contributed by atoms with Crippen molar-refractivity contribution in [1.82, 2.24) is 14.5 Å². The molecule has 4 aromatic rings. The first-order valence-corrected chi connectivity index (χ1v) is 11.9. The molecule has 4 rings (SSSR count). The van der Waals surface area contributed by atoms with Gasteiger partial charge in [0.15, 0.2) is 5.82 Å². The molecule has 1 unspecified atom stereocenters. The molecule has 3 N–H and O–H groups in total. The van der Waals surface area contributed by atoms with E-state index in [1.54, 1.807) is 55.5 Å². The molecule has 1 atom stereocenters. The summed E-state index contributed by atoms with van der Waals surface area (Å²) in [5, 5.41) is 10.8. The number of aromatic nitrogens is 3. The largest absolute Gasteiger partial charge is 0.392 e. The lowest BCUT2D eigenvalue weighted by Gasteiger charge is -2.13. The third-order valence-corrected chi connectivity index (χ3v) is 7.09. The monoisotopic (exact) mass is 438 g/mol. The standard InChI is InChI=1S/C23H26N4O3S/c1-3-4-10-20-26-21-22(27(20)14-15(2)28)18-12-11-17(13-19(18)25-23(21)24)31(29,30)16-8-6-5-7-9-16/h5-9,11-13,15,28H,3-4,10,14H2,1-2H3,(H2,24,25). The molecule has 31 heavy (non-hydrogen) atoms. The first-order chi connectivity index (χ1) is 14.8. The molecule has 0 saturated heterocycles. The van der Waals surface area contributed by atoms with Crippen molar-refractivity contribution in [3.63, 3.8) is 0 Å². The molecule has 0 bridgehead atoms. The van der Waals surface area contributed by atoms with Crippen LogP contribution in [0.15, 0.2) is 58.3 Å². The molecule has 0 aliphatic heterocycles. The quantitative estimate of drug-likeness (QED) is 0.455. The zero-order valence-electron chi connectivity index (χ0n) is 17.6. The van der Waals surface area contributed by atoms with Gasteiger partial charge >= 0.3 is 0 Å². The molecule has 0 spiro atoms. The van der Waals surface area contributed by atoms with Crippen LogP contribution in [-0.4, -0.2) is 34.2 Å². The van der Waals surface area contributed by atoms with Crippen LogP contribution in [0.25, 0.3) is 21.9 Å². The first-order valence-electron chi connectivity index (χ1n) is 10.4. The van der Waals surface area contributed by atoms with Crippen LogP contribution < -0.4 is 5.73 Å². The minimum Gasteiger partial charge on any atom is -0.392 e. The van der Waals surface area contributed by atoms with Crippen molar-refractivity contribution >= 4 is 37.6 Å². The Kier molecular flexibility index (Phi) is 5.68. The van der Waals surface area contributed by atoms with Crippen LogP contribution in [0.3, 0.4) is 0 Å². The maximum Gasteiger partial charge on any atom is 0.206 e. The Morgan fingerprint density at radius 2 is 1.84 bits per heavy atom. The van der Waals surface area contributed by atoms with Crippen LogP contribution in [0, 0.1) is 0 Å². The predicted octanol–water partition coefficient (Wildman–Crippen LogP) is 3.72. The van der Waals surface area contributed by atoms with E-state index in [4.69, 9.17) is 10.7 Å². The van der Waals surface area contributed by atoms with Gasteiger partial charge in [0.25, 0.3) is 0 Å². The molecule has 162 valence electrons. The minimum absolute atomic E-state index is 0.158. The number of aliphatic hydroxyl groups is 1. The van der Waals surface area contributed by atoms with Gasteiger partial charge in [0.1, 0.15) is 11.3 Å². The van der Waals surface area contributed by atoms with Crippen molar-refractivity contribution in [1.29, 1.82) is 0 Å². The van der Waals surface area contributed by atoms with Crippen LogP contribution in [0.1, 0.15) is 32.5 Å². The van der Waals surface area contributed by atoms with E-state index in [-0.39, 0.29) is 15.6 Å². The highest BCUT2D eigenvalue weighted by atomic mass is 32.2. The Hall–Kier alpha value is -2.97. The number of nitrogens with two attached hydrogens (primary N) is 1. The number of benzene rings is 2. The smallest absolute Gasteiger partial charge is 0.206 e. The second-order valence-corrected chi connectivity index (χ2v) is 9.73. The van der Waals surface area contributed by atoms with Gasteiger partial charge in [-0.05, 0) is 43.7 Å². The maximum absolute atomic E-state index is 13.1. The minimum atomic E-state index is -3.68. The van der Waals surface area contributed by atoms with E-state index in [2.05, 4.69) is 11.9 Å². The van der Waals surface area contributed by atoms with E-state index < -0.39 is 15.9 Å². The summed E-state index contributed by atoms with van der Waals surface area (Å²) in [7, 11) is -3.68. The van der Waals surface area contributed by atoms with Crippen molar-refractivity contribution in [2.75, 3.05) is 5.73 Å². The molecule has 0 saturated carbocycles. The number of rotatable bonds is 7. The Morgan fingerprint density at radius 3 is 2.52 bits per heavy atom. The number of anilines is 1. The van der Waals surface area contributed by atoms with Gasteiger partial charge in [0.05, 0.1) is 33.5 Å². The van der Waals surface area contributed by atoms with Gasteiger partial charge in [0.2, 0.25) is 9.84 Å². The van der Waals surface area contributed by atoms with Crippen LogP contribution in [0.2, 0.25) is 0 Å². The second-order valence-electron chi connectivity index (χ2n) is 7.78. The number of fused-ring (bicyclic) bond motifs is 3. The molecule has 2 aromatic heterocycles. The number of imidazole rings is 1. The Morgan fingerprint density at radius 1 is 1.10 bits per heavy atom. The summed E-state index contributed by atoms with van der Waals surface area (Å²) in [6.07, 6.45) is 2.18. The van der Waals surface area contributed by atoms with Gasteiger partial charge in [-0.3, -0.25) is 0 Å². The molecule has 7 nitrogen and oxygen atoms in total. The summed E-state index contributed by atoms with van der Waals surface area (Å²) in [5.74, 6) is 1.10. The van der Waals surface area contributed by atoms with Crippen LogP contribution in [0.5, 0.6) is 0 Å². The molecule has 0 aliphatic carbocycles. The van der Waals surface area contributed by atoms with Crippen molar-refractivity contribution in [3.8, 4) is 0 Å². The number of sulfone groups is 1. The molecule has 0 radical (unpaired) electrons. The van der Waals surface area contributed by atoms with Crippen LogP contribution in [-0.2, 0) is 22.8 Å². The third kappa shape index (κ3) is 3.88. The zero-order valence-corrected chi connectivity index (χ0v) is 18.4. The Labute approximate surface area is 181 Å². The van der Waals surface area contributed by atoms with Gasteiger partial charge in [0, 0.05) is 11.8 Å². The first kappa shape index (κ1) is 21.3. The molecule has 2 aromatic carbocycles. The van der Waals surface area contributed by atoms with Crippen LogP contribution in [0.4, 0.5) is 5.82 Å². The number of hydrogen-bond donors (Lipinski definition) is 2. The molecule has 2 heterocycles.